The predicted molar refractivity (Wildman–Crippen MR) is 143 cm³/mol. The molecule has 3 fully saturated rings. The Morgan fingerprint density at radius 1 is 0.929 bits per heavy atom. The Morgan fingerprint density at radius 3 is 2.10 bits per heavy atom. The third-order valence-electron chi connectivity index (χ3n) is 7.62. The van der Waals surface area contributed by atoms with Crippen molar-refractivity contribution >= 4 is 23.4 Å². The number of ether oxygens (including phenoxy) is 1. The molecular formula is C31H30F4N2O5. The lowest BCUT2D eigenvalue weighted by molar-refractivity contribution is -0.938. The van der Waals surface area contributed by atoms with E-state index in [2.05, 4.69) is 5.32 Å². The smallest absolute Gasteiger partial charge is 0.430 e. The number of carboxylic acids is 1. The van der Waals surface area contributed by atoms with Gasteiger partial charge in [0, 0.05) is 30.0 Å². The molecule has 11 heteroatoms. The van der Waals surface area contributed by atoms with Gasteiger partial charge in [0.15, 0.2) is 12.1 Å². The van der Waals surface area contributed by atoms with Crippen molar-refractivity contribution in [3.05, 3.63) is 102 Å². The third-order valence-corrected chi connectivity index (χ3v) is 7.62. The molecule has 0 amide bonds. The summed E-state index contributed by atoms with van der Waals surface area (Å²) in [6, 6.07) is 24.1. The third kappa shape index (κ3) is 7.94. The Bertz CT molecular complexity index is 1380. The first kappa shape index (κ1) is 30.7. The number of carbonyl (C=O) groups excluding carboxylic acids is 3. The van der Waals surface area contributed by atoms with Crippen molar-refractivity contribution in [2.45, 2.75) is 31.2 Å². The molecule has 6 rings (SSSR count). The van der Waals surface area contributed by atoms with Gasteiger partial charge in [-0.05, 0) is 23.8 Å². The second-order valence-electron chi connectivity index (χ2n) is 10.5. The minimum absolute atomic E-state index is 0.131. The quantitative estimate of drug-likeness (QED) is 0.183. The van der Waals surface area contributed by atoms with Crippen molar-refractivity contribution in [3.8, 4) is 0 Å². The van der Waals surface area contributed by atoms with Crippen LogP contribution >= 0.6 is 0 Å². The van der Waals surface area contributed by atoms with Gasteiger partial charge in [0.1, 0.15) is 24.9 Å². The van der Waals surface area contributed by atoms with Gasteiger partial charge >= 0.3 is 12.1 Å². The molecule has 0 spiro atoms. The predicted octanol–water partition coefficient (Wildman–Crippen LogP) is 4.31. The van der Waals surface area contributed by atoms with Crippen LogP contribution in [0, 0.1) is 11.7 Å². The number of alkyl halides is 3. The first-order valence-corrected chi connectivity index (χ1v) is 13.4. The lowest BCUT2D eigenvalue weighted by Gasteiger charge is -2.51. The van der Waals surface area contributed by atoms with E-state index in [1.807, 2.05) is 60.7 Å². The standard InChI is InChI=1S/C29H30FN2O3.C2HF3O2/c30-24-12-7-13-25(18-24)31-28(23-10-5-2-6-11-23)29(34)35-27-20-32(16-14-22(27)15-17-32)19-26(33)21-8-3-1-4-9-21;3-2(4,5)1(6)7/h1-13,18,22,27-28,31H,14-17,19-20H2;(H,6,7)/q+1;/p-1/t22?,27-,28?,32?;/m0./s1. The van der Waals surface area contributed by atoms with Gasteiger partial charge in [-0.2, -0.15) is 13.2 Å². The molecule has 0 saturated carbocycles. The average Bonchev–Trinajstić information content (AvgIpc) is 2.97. The van der Waals surface area contributed by atoms with E-state index in [-0.39, 0.29) is 23.7 Å². The minimum atomic E-state index is -5.19. The number of aliphatic carboxylic acids is 1. The zero-order chi connectivity index (χ0) is 30.3. The Morgan fingerprint density at radius 2 is 1.52 bits per heavy atom. The lowest BCUT2D eigenvalue weighted by atomic mass is 9.82. The molecule has 0 aliphatic carbocycles. The van der Waals surface area contributed by atoms with E-state index in [1.165, 1.54) is 12.1 Å². The molecule has 3 aromatic carbocycles. The average molecular weight is 587 g/mol. The lowest BCUT2D eigenvalue weighted by Crippen LogP contribution is -2.65. The van der Waals surface area contributed by atoms with Crippen LogP contribution in [0.4, 0.5) is 23.2 Å². The molecule has 2 atom stereocenters. The zero-order valence-electron chi connectivity index (χ0n) is 22.6. The van der Waals surface area contributed by atoms with Crippen LogP contribution in [0.25, 0.3) is 0 Å². The molecule has 42 heavy (non-hydrogen) atoms. The molecule has 3 saturated heterocycles. The second-order valence-corrected chi connectivity index (χ2v) is 10.5. The van der Waals surface area contributed by atoms with E-state index >= 15 is 0 Å². The fourth-order valence-corrected chi connectivity index (χ4v) is 5.48. The summed E-state index contributed by atoms with van der Waals surface area (Å²) < 4.78 is 52.1. The van der Waals surface area contributed by atoms with E-state index in [4.69, 9.17) is 14.6 Å². The normalized spacial score (nSPS) is 21.8. The highest BCUT2D eigenvalue weighted by Crippen LogP contribution is 2.37. The van der Waals surface area contributed by atoms with Crippen LogP contribution in [0.1, 0.15) is 34.8 Å². The van der Waals surface area contributed by atoms with Crippen LogP contribution in [0.2, 0.25) is 0 Å². The van der Waals surface area contributed by atoms with E-state index in [0.29, 0.717) is 29.2 Å². The molecule has 1 unspecified atom stereocenters. The van der Waals surface area contributed by atoms with Crippen molar-refractivity contribution in [3.63, 3.8) is 0 Å². The van der Waals surface area contributed by atoms with Gasteiger partial charge in [0.25, 0.3) is 0 Å². The summed E-state index contributed by atoms with van der Waals surface area (Å²) in [4.78, 5) is 35.2. The molecule has 1 N–H and O–H groups in total. The first-order chi connectivity index (χ1) is 20.0. The number of nitrogens with one attached hydrogen (secondary N) is 1. The molecule has 222 valence electrons. The van der Waals surface area contributed by atoms with Crippen LogP contribution in [-0.4, -0.2) is 60.7 Å². The van der Waals surface area contributed by atoms with E-state index in [0.717, 1.165) is 37.1 Å². The number of fused-ring (bicyclic) bond motifs is 3. The van der Waals surface area contributed by atoms with Gasteiger partial charge in [-0.1, -0.05) is 66.7 Å². The highest BCUT2D eigenvalue weighted by molar-refractivity contribution is 5.97. The maximum atomic E-state index is 13.8. The summed E-state index contributed by atoms with van der Waals surface area (Å²) in [5, 5.41) is 11.9. The number of halogens is 4. The second kappa shape index (κ2) is 13.2. The summed E-state index contributed by atoms with van der Waals surface area (Å²) in [5.41, 5.74) is 2.00. The van der Waals surface area contributed by atoms with Gasteiger partial charge in [0.05, 0.1) is 13.1 Å². The number of carboxylic acid groups (broad SMARTS) is 1. The van der Waals surface area contributed by atoms with E-state index in [9.17, 15) is 27.2 Å². The molecule has 3 aromatic rings. The number of hydrogen-bond acceptors (Lipinski definition) is 6. The highest BCUT2D eigenvalue weighted by atomic mass is 19.4. The zero-order valence-corrected chi connectivity index (χ0v) is 22.6. The maximum absolute atomic E-state index is 13.8. The molecule has 3 aliphatic heterocycles. The highest BCUT2D eigenvalue weighted by Gasteiger charge is 2.49. The van der Waals surface area contributed by atoms with Gasteiger partial charge < -0.3 is 24.4 Å². The monoisotopic (exact) mass is 586 g/mol. The topological polar surface area (TPSA) is 95.5 Å². The van der Waals surface area contributed by atoms with Crippen molar-refractivity contribution in [2.24, 2.45) is 5.92 Å². The van der Waals surface area contributed by atoms with Crippen molar-refractivity contribution < 1.29 is 46.3 Å². The van der Waals surface area contributed by atoms with Gasteiger partial charge in [-0.3, -0.25) is 4.79 Å². The van der Waals surface area contributed by atoms with Crippen LogP contribution in [0.5, 0.6) is 0 Å². The van der Waals surface area contributed by atoms with Crippen molar-refractivity contribution in [1.29, 1.82) is 0 Å². The van der Waals surface area contributed by atoms with E-state index in [1.54, 1.807) is 12.1 Å². The van der Waals surface area contributed by atoms with Crippen molar-refractivity contribution in [1.82, 2.24) is 0 Å². The molecule has 2 bridgehead atoms. The maximum Gasteiger partial charge on any atom is 0.430 e. The summed E-state index contributed by atoms with van der Waals surface area (Å²) in [7, 11) is 0. The number of esters is 1. The molecular weight excluding hydrogens is 556 g/mol. The van der Waals surface area contributed by atoms with Crippen LogP contribution in [-0.2, 0) is 14.3 Å². The molecule has 0 aromatic heterocycles. The van der Waals surface area contributed by atoms with Crippen LogP contribution in [0.15, 0.2) is 84.9 Å². The number of ketones is 1. The Hall–Kier alpha value is -4.25. The molecule has 0 radical (unpaired) electrons. The molecule has 3 heterocycles. The van der Waals surface area contributed by atoms with Gasteiger partial charge in [-0.25, -0.2) is 9.18 Å². The van der Waals surface area contributed by atoms with E-state index < -0.39 is 18.2 Å². The van der Waals surface area contributed by atoms with Gasteiger partial charge in [-0.15, -0.1) is 0 Å². The fraction of sp³-hybridized carbons (Fsp3) is 0.323. The Labute approximate surface area is 240 Å². The number of rotatable bonds is 8. The molecule has 7 nitrogen and oxygen atoms in total. The number of Topliss-reactive ketones (excluding diaryl/α,β-unsaturated/α-hetero) is 1. The van der Waals surface area contributed by atoms with Crippen molar-refractivity contribution in [2.75, 3.05) is 31.5 Å². The summed E-state index contributed by atoms with van der Waals surface area (Å²) in [6.45, 7) is 2.94. The fourth-order valence-electron chi connectivity index (χ4n) is 5.48. The number of carbonyl (C=O) groups is 3. The summed E-state index contributed by atoms with van der Waals surface area (Å²) in [5.74, 6) is -3.33. The first-order valence-electron chi connectivity index (χ1n) is 13.4. The van der Waals surface area contributed by atoms with Crippen LogP contribution < -0.4 is 10.4 Å². The largest absolute Gasteiger partial charge is 0.542 e. The number of nitrogens with zero attached hydrogens (tertiary/aromatic N) is 1. The summed E-state index contributed by atoms with van der Waals surface area (Å²) >= 11 is 0. The Kier molecular flexibility index (Phi) is 9.62. The number of benzene rings is 3. The Balaban J connectivity index is 0.000000517. The summed E-state index contributed by atoms with van der Waals surface area (Å²) in [6.07, 6.45) is -3.56. The number of anilines is 1. The van der Waals surface area contributed by atoms with Gasteiger partial charge in [0.2, 0.25) is 5.78 Å². The SMILES string of the molecule is O=C(C[N+]12CCC(CC1)[C@@H](OC(=O)C(Nc1cccc(F)c1)c1ccccc1)C2)c1ccccc1.O=C([O-])C(F)(F)F. The number of quaternary nitrogens is 1. The number of piperidine rings is 3. The van der Waals surface area contributed by atoms with Crippen LogP contribution in [0.3, 0.4) is 0 Å². The minimum Gasteiger partial charge on any atom is -0.542 e. The number of hydrogen-bond donors (Lipinski definition) is 1. The molecule has 3 aliphatic rings.